The maximum Gasteiger partial charge on any atom is 0.257 e. The summed E-state index contributed by atoms with van der Waals surface area (Å²) in [6.07, 6.45) is 0. The minimum atomic E-state index is -0.499. The number of aromatic nitrogens is 2. The van der Waals surface area contributed by atoms with Gasteiger partial charge in [-0.05, 0) is 45.9 Å². The highest BCUT2D eigenvalue weighted by Crippen LogP contribution is 2.24. The molecule has 0 spiro atoms. The average Bonchev–Trinajstić information content (AvgIpc) is 2.69. The van der Waals surface area contributed by atoms with Crippen molar-refractivity contribution >= 4 is 17.3 Å². The Kier molecular flexibility index (Phi) is 3.97. The molecule has 0 aliphatic carbocycles. The zero-order valence-electron chi connectivity index (χ0n) is 12.6. The Bertz CT molecular complexity index is 691. The number of rotatable bonds is 3. The number of amides is 1. The van der Waals surface area contributed by atoms with Crippen molar-refractivity contribution in [2.75, 3.05) is 11.1 Å². The molecular formula is C15H19FN4O. The van der Waals surface area contributed by atoms with Crippen LogP contribution >= 0.6 is 0 Å². The topological polar surface area (TPSA) is 72.9 Å². The van der Waals surface area contributed by atoms with Crippen LogP contribution in [0.3, 0.4) is 0 Å². The van der Waals surface area contributed by atoms with Gasteiger partial charge in [0.25, 0.3) is 5.91 Å². The van der Waals surface area contributed by atoms with Crippen LogP contribution in [0.5, 0.6) is 0 Å². The van der Waals surface area contributed by atoms with Crippen LogP contribution in [0.15, 0.2) is 18.2 Å². The van der Waals surface area contributed by atoms with Gasteiger partial charge in [0.05, 0.1) is 22.6 Å². The molecule has 0 fully saturated rings. The zero-order chi connectivity index (χ0) is 15.7. The molecule has 6 heteroatoms. The van der Waals surface area contributed by atoms with Crippen LogP contribution in [-0.2, 0) is 0 Å². The number of hydrogen-bond donors (Lipinski definition) is 2. The lowest BCUT2D eigenvalue weighted by Gasteiger charge is -2.10. The predicted molar refractivity (Wildman–Crippen MR) is 80.9 cm³/mol. The van der Waals surface area contributed by atoms with E-state index in [2.05, 4.69) is 10.4 Å². The molecule has 2 aromatic rings. The Morgan fingerprint density at radius 2 is 2.05 bits per heavy atom. The Hall–Kier alpha value is -2.37. The van der Waals surface area contributed by atoms with Crippen molar-refractivity contribution in [1.82, 2.24) is 9.78 Å². The summed E-state index contributed by atoms with van der Waals surface area (Å²) in [6, 6.07) is 3.91. The molecule has 0 bridgehead atoms. The van der Waals surface area contributed by atoms with Crippen LogP contribution in [-0.4, -0.2) is 15.7 Å². The van der Waals surface area contributed by atoms with Gasteiger partial charge in [0.1, 0.15) is 5.82 Å². The Balaban J connectivity index is 2.34. The van der Waals surface area contributed by atoms with E-state index in [0.717, 1.165) is 11.8 Å². The van der Waals surface area contributed by atoms with Crippen molar-refractivity contribution in [3.05, 3.63) is 41.0 Å². The summed E-state index contributed by atoms with van der Waals surface area (Å²) < 4.78 is 15.1. The molecule has 0 saturated carbocycles. The van der Waals surface area contributed by atoms with Gasteiger partial charge in [0, 0.05) is 11.7 Å². The number of carbonyl (C=O) groups is 1. The van der Waals surface area contributed by atoms with E-state index in [-0.39, 0.29) is 17.3 Å². The van der Waals surface area contributed by atoms with E-state index >= 15 is 0 Å². The number of hydrogen-bond acceptors (Lipinski definition) is 3. The van der Waals surface area contributed by atoms with E-state index in [4.69, 9.17) is 5.73 Å². The number of benzene rings is 1. The number of nitrogens with two attached hydrogens (primary N) is 1. The number of carbonyl (C=O) groups excluding carboxylic acids is 1. The lowest BCUT2D eigenvalue weighted by atomic mass is 10.1. The SMILES string of the molecule is Cc1nn(C(C)C)c(C)c1NC(=O)c1cc(F)ccc1N. The fourth-order valence-electron chi connectivity index (χ4n) is 2.25. The van der Waals surface area contributed by atoms with Crippen LogP contribution in [0.25, 0.3) is 0 Å². The number of nitrogens with zero attached hydrogens (tertiary/aromatic N) is 2. The monoisotopic (exact) mass is 290 g/mol. The standard InChI is InChI=1S/C15H19FN4O/c1-8(2)20-10(4)14(9(3)19-20)18-15(21)12-7-11(16)5-6-13(12)17/h5-8H,17H2,1-4H3,(H,18,21). The Morgan fingerprint density at radius 3 is 2.62 bits per heavy atom. The second-order valence-corrected chi connectivity index (χ2v) is 5.27. The minimum Gasteiger partial charge on any atom is -0.398 e. The Labute approximate surface area is 123 Å². The predicted octanol–water partition coefficient (Wildman–Crippen LogP) is 3.05. The number of nitrogen functional groups attached to an aromatic ring is 1. The summed E-state index contributed by atoms with van der Waals surface area (Å²) >= 11 is 0. The lowest BCUT2D eigenvalue weighted by molar-refractivity contribution is 0.102. The highest BCUT2D eigenvalue weighted by molar-refractivity contribution is 6.08. The van der Waals surface area contributed by atoms with Crippen LogP contribution in [0.2, 0.25) is 0 Å². The molecule has 21 heavy (non-hydrogen) atoms. The summed E-state index contributed by atoms with van der Waals surface area (Å²) in [5, 5.41) is 7.16. The molecule has 2 rings (SSSR count). The number of halogens is 1. The molecule has 3 N–H and O–H groups in total. The van der Waals surface area contributed by atoms with Crippen LogP contribution in [0.4, 0.5) is 15.8 Å². The first kappa shape index (κ1) is 15.0. The van der Waals surface area contributed by atoms with E-state index < -0.39 is 11.7 Å². The van der Waals surface area contributed by atoms with Gasteiger partial charge in [0.15, 0.2) is 0 Å². The van der Waals surface area contributed by atoms with Crippen molar-refractivity contribution in [2.24, 2.45) is 0 Å². The summed E-state index contributed by atoms with van der Waals surface area (Å²) in [7, 11) is 0. The van der Waals surface area contributed by atoms with Crippen LogP contribution in [0, 0.1) is 19.7 Å². The number of anilines is 2. The van der Waals surface area contributed by atoms with Gasteiger partial charge in [-0.15, -0.1) is 0 Å². The largest absolute Gasteiger partial charge is 0.398 e. The van der Waals surface area contributed by atoms with Crippen molar-refractivity contribution in [3.63, 3.8) is 0 Å². The highest BCUT2D eigenvalue weighted by atomic mass is 19.1. The first-order valence-electron chi connectivity index (χ1n) is 6.73. The molecular weight excluding hydrogens is 271 g/mol. The highest BCUT2D eigenvalue weighted by Gasteiger charge is 2.18. The van der Waals surface area contributed by atoms with Gasteiger partial charge in [-0.3, -0.25) is 9.48 Å². The second-order valence-electron chi connectivity index (χ2n) is 5.27. The van der Waals surface area contributed by atoms with Gasteiger partial charge >= 0.3 is 0 Å². The van der Waals surface area contributed by atoms with E-state index in [1.54, 1.807) is 0 Å². The van der Waals surface area contributed by atoms with E-state index in [1.807, 2.05) is 32.4 Å². The summed E-state index contributed by atoms with van der Waals surface area (Å²) in [5.41, 5.74) is 8.28. The summed E-state index contributed by atoms with van der Waals surface area (Å²) in [6.45, 7) is 7.71. The normalized spacial score (nSPS) is 11.0. The molecule has 0 aliphatic heterocycles. The molecule has 0 saturated heterocycles. The third kappa shape index (κ3) is 2.89. The van der Waals surface area contributed by atoms with E-state index in [9.17, 15) is 9.18 Å². The fourth-order valence-corrected chi connectivity index (χ4v) is 2.25. The molecule has 1 heterocycles. The lowest BCUT2D eigenvalue weighted by Crippen LogP contribution is -2.15. The third-order valence-corrected chi connectivity index (χ3v) is 3.31. The van der Waals surface area contributed by atoms with E-state index in [1.165, 1.54) is 12.1 Å². The van der Waals surface area contributed by atoms with Gasteiger partial charge in [-0.2, -0.15) is 5.10 Å². The van der Waals surface area contributed by atoms with E-state index in [0.29, 0.717) is 11.4 Å². The van der Waals surface area contributed by atoms with Gasteiger partial charge in [-0.1, -0.05) is 0 Å². The molecule has 112 valence electrons. The first-order chi connectivity index (χ1) is 9.81. The van der Waals surface area contributed by atoms with Crippen LogP contribution in [0.1, 0.15) is 41.6 Å². The average molecular weight is 290 g/mol. The number of aryl methyl sites for hydroxylation is 1. The molecule has 1 aromatic carbocycles. The number of nitrogens with one attached hydrogen (secondary N) is 1. The zero-order valence-corrected chi connectivity index (χ0v) is 12.6. The fraction of sp³-hybridized carbons (Fsp3) is 0.333. The van der Waals surface area contributed by atoms with Crippen molar-refractivity contribution in [3.8, 4) is 0 Å². The van der Waals surface area contributed by atoms with Crippen LogP contribution < -0.4 is 11.1 Å². The maximum absolute atomic E-state index is 13.3. The molecule has 0 radical (unpaired) electrons. The minimum absolute atomic E-state index is 0.117. The van der Waals surface area contributed by atoms with Gasteiger partial charge in [0.2, 0.25) is 0 Å². The summed E-state index contributed by atoms with van der Waals surface area (Å²) in [5.74, 6) is -0.942. The second kappa shape index (κ2) is 5.55. The van der Waals surface area contributed by atoms with Crippen molar-refractivity contribution in [1.29, 1.82) is 0 Å². The first-order valence-corrected chi connectivity index (χ1v) is 6.73. The molecule has 1 aromatic heterocycles. The van der Waals surface area contributed by atoms with Crippen molar-refractivity contribution in [2.45, 2.75) is 33.7 Å². The maximum atomic E-state index is 13.3. The smallest absolute Gasteiger partial charge is 0.257 e. The molecule has 5 nitrogen and oxygen atoms in total. The van der Waals surface area contributed by atoms with Gasteiger partial charge < -0.3 is 11.1 Å². The third-order valence-electron chi connectivity index (χ3n) is 3.31. The molecule has 0 atom stereocenters. The Morgan fingerprint density at radius 1 is 1.38 bits per heavy atom. The van der Waals surface area contributed by atoms with Crippen molar-refractivity contribution < 1.29 is 9.18 Å². The quantitative estimate of drug-likeness (QED) is 0.853. The molecule has 0 aliphatic rings. The summed E-state index contributed by atoms with van der Waals surface area (Å²) in [4.78, 5) is 12.3. The molecule has 1 amide bonds. The molecule has 0 unspecified atom stereocenters. The van der Waals surface area contributed by atoms with Gasteiger partial charge in [-0.25, -0.2) is 4.39 Å².